The molecule has 3 aromatic heterocycles. The van der Waals surface area contributed by atoms with Crippen LogP contribution in [0.1, 0.15) is 73.1 Å². The van der Waals surface area contributed by atoms with E-state index in [1.807, 2.05) is 18.2 Å². The Kier molecular flexibility index (Phi) is 10.2. The molecule has 1 aliphatic heterocycles. The van der Waals surface area contributed by atoms with E-state index in [4.69, 9.17) is 20.2 Å². The van der Waals surface area contributed by atoms with Gasteiger partial charge in [0, 0.05) is 54.4 Å². The Morgan fingerprint density at radius 2 is 1.79 bits per heavy atom. The number of hydrogen-bond donors (Lipinski definition) is 3. The topological polar surface area (TPSA) is 185 Å². The number of aromatic nitrogens is 5. The number of nitrogens with one attached hydrogen (secondary N) is 1. The number of aliphatic hydroxyl groups is 1. The first kappa shape index (κ1) is 32.6. The van der Waals surface area contributed by atoms with Crippen LogP contribution in [-0.4, -0.2) is 68.5 Å². The van der Waals surface area contributed by atoms with Gasteiger partial charge in [-0.05, 0) is 68.4 Å². The summed E-state index contributed by atoms with van der Waals surface area (Å²) in [6.07, 6.45) is 11.4. The monoisotopic (exact) mass is 649 g/mol. The number of primary amides is 1. The molecule has 13 heteroatoms. The van der Waals surface area contributed by atoms with E-state index in [0.717, 1.165) is 72.9 Å². The maximum absolute atomic E-state index is 12.0. The van der Waals surface area contributed by atoms with Crippen LogP contribution in [0.15, 0.2) is 55.1 Å². The molecule has 2 fully saturated rings. The average Bonchev–Trinajstić information content (AvgIpc) is 3.33. The fourth-order valence-corrected chi connectivity index (χ4v) is 6.70. The Bertz CT molecular complexity index is 1760. The van der Waals surface area contributed by atoms with Gasteiger partial charge in [0.05, 0.1) is 19.4 Å². The lowest BCUT2D eigenvalue weighted by atomic mass is 9.78. The van der Waals surface area contributed by atoms with Crippen molar-refractivity contribution in [3.05, 3.63) is 77.4 Å². The Morgan fingerprint density at radius 3 is 2.50 bits per heavy atom. The van der Waals surface area contributed by atoms with E-state index in [2.05, 4.69) is 48.4 Å². The molecule has 48 heavy (non-hydrogen) atoms. The molecule has 4 heterocycles. The smallest absolute Gasteiger partial charge is 0.411 e. The highest BCUT2D eigenvalue weighted by Crippen LogP contribution is 2.43. The second kappa shape index (κ2) is 15.0. The maximum Gasteiger partial charge on any atom is 0.411 e. The highest BCUT2D eigenvalue weighted by molar-refractivity contribution is 5.72. The summed E-state index contributed by atoms with van der Waals surface area (Å²) in [5.41, 5.74) is 10.5. The number of methoxy groups -OCH3 is 1. The predicted molar refractivity (Wildman–Crippen MR) is 179 cm³/mol. The van der Waals surface area contributed by atoms with Gasteiger partial charge in [0.25, 0.3) is 0 Å². The molecule has 1 unspecified atom stereocenters. The van der Waals surface area contributed by atoms with Crippen LogP contribution in [0, 0.1) is 11.3 Å². The molecule has 6 rings (SSSR count). The average molecular weight is 650 g/mol. The van der Waals surface area contributed by atoms with Crippen LogP contribution in [0.25, 0.3) is 11.1 Å². The molecule has 1 saturated heterocycles. The molecule has 4 N–H and O–H groups in total. The van der Waals surface area contributed by atoms with Crippen LogP contribution in [0.3, 0.4) is 0 Å². The molecule has 1 saturated carbocycles. The summed E-state index contributed by atoms with van der Waals surface area (Å²) in [7, 11) is 1.52. The molecule has 248 valence electrons. The lowest BCUT2D eigenvalue weighted by Gasteiger charge is -2.32. The van der Waals surface area contributed by atoms with Crippen molar-refractivity contribution in [2.75, 3.05) is 30.4 Å². The molecule has 2 aliphatic rings. The summed E-state index contributed by atoms with van der Waals surface area (Å²) < 4.78 is 10.7. The summed E-state index contributed by atoms with van der Waals surface area (Å²) in [5.74, 6) is 1.32. The number of hydrogen-bond acceptors (Lipinski definition) is 12. The second-order valence-corrected chi connectivity index (χ2v) is 12.2. The molecule has 1 aliphatic carbocycles. The van der Waals surface area contributed by atoms with Crippen molar-refractivity contribution >= 4 is 17.9 Å². The van der Waals surface area contributed by atoms with Gasteiger partial charge < -0.3 is 30.5 Å². The number of carbonyl (C=O) groups excluding carboxylic acids is 1. The normalized spacial score (nSPS) is 19.5. The van der Waals surface area contributed by atoms with Gasteiger partial charge in [0.2, 0.25) is 11.8 Å². The van der Waals surface area contributed by atoms with Gasteiger partial charge in [-0.25, -0.2) is 24.7 Å². The van der Waals surface area contributed by atoms with E-state index in [1.54, 1.807) is 24.8 Å². The molecule has 0 radical (unpaired) electrons. The van der Waals surface area contributed by atoms with Gasteiger partial charge in [-0.3, -0.25) is 0 Å². The van der Waals surface area contributed by atoms with Crippen LogP contribution >= 0.6 is 0 Å². The standard InChI is InChI=1S/C35H39N9O4/c1-47-35-40-19-25(20-41-35)29-21-38-32(48-33(37)46)30(28(29)16-22-6-3-2-4-7-22)23-9-11-26(12-10-23)42-34-39-18-24(17-36)31(43-34)44-14-5-8-27(45)13-15-44/h2-4,6-7,18-21,23,26-27,45H,5,8-16H2,1H3,(H2,37,46)(H,39,42,43). The van der Waals surface area contributed by atoms with Crippen molar-refractivity contribution < 1.29 is 19.4 Å². The van der Waals surface area contributed by atoms with Crippen molar-refractivity contribution in [1.29, 1.82) is 5.26 Å². The first-order chi connectivity index (χ1) is 23.4. The second-order valence-electron chi connectivity index (χ2n) is 12.2. The number of nitrogens with two attached hydrogens (primary N) is 1. The Balaban J connectivity index is 1.27. The summed E-state index contributed by atoms with van der Waals surface area (Å²) in [5, 5.41) is 23.4. The minimum Gasteiger partial charge on any atom is -0.467 e. The Morgan fingerprint density at radius 1 is 1.02 bits per heavy atom. The van der Waals surface area contributed by atoms with Gasteiger partial charge in [-0.2, -0.15) is 10.2 Å². The van der Waals surface area contributed by atoms with Gasteiger partial charge in [-0.1, -0.05) is 30.3 Å². The number of benzene rings is 1. The molecular formula is C35H39N9O4. The minimum absolute atomic E-state index is 0.0312. The zero-order chi connectivity index (χ0) is 33.5. The highest BCUT2D eigenvalue weighted by atomic mass is 16.6. The maximum atomic E-state index is 12.0. The van der Waals surface area contributed by atoms with Crippen LogP contribution in [0.2, 0.25) is 0 Å². The number of rotatable bonds is 9. The summed E-state index contributed by atoms with van der Waals surface area (Å²) in [4.78, 5) is 36.6. The van der Waals surface area contributed by atoms with Gasteiger partial charge in [-0.15, -0.1) is 0 Å². The zero-order valence-electron chi connectivity index (χ0n) is 26.9. The highest BCUT2D eigenvalue weighted by Gasteiger charge is 2.31. The Hall–Kier alpha value is -5.35. The van der Waals surface area contributed by atoms with Gasteiger partial charge >= 0.3 is 12.1 Å². The molecule has 13 nitrogen and oxygen atoms in total. The molecule has 1 amide bonds. The predicted octanol–water partition coefficient (Wildman–Crippen LogP) is 4.75. The fraction of sp³-hybridized carbons (Fsp3) is 0.400. The number of pyridine rings is 1. The third-order valence-corrected chi connectivity index (χ3v) is 9.09. The van der Waals surface area contributed by atoms with Gasteiger partial charge in [0.1, 0.15) is 11.6 Å². The van der Waals surface area contributed by atoms with Crippen molar-refractivity contribution in [3.8, 4) is 29.1 Å². The summed E-state index contributed by atoms with van der Waals surface area (Å²) in [6.45, 7) is 1.36. The molecule has 0 spiro atoms. The number of carbonyl (C=O) groups is 1. The number of anilines is 2. The SMILES string of the molecule is COc1ncc(-c2cnc(OC(N)=O)c(C3CCC(Nc4ncc(C#N)c(N5CCCC(O)CC5)n4)CC3)c2Cc2ccccc2)cn1. The zero-order valence-corrected chi connectivity index (χ0v) is 26.9. The van der Waals surface area contributed by atoms with E-state index in [9.17, 15) is 15.2 Å². The van der Waals surface area contributed by atoms with Crippen LogP contribution in [0.5, 0.6) is 11.9 Å². The van der Waals surface area contributed by atoms with Crippen LogP contribution < -0.4 is 25.4 Å². The summed E-state index contributed by atoms with van der Waals surface area (Å²) >= 11 is 0. The molecular weight excluding hydrogens is 610 g/mol. The number of ether oxygens (including phenoxy) is 2. The lowest BCUT2D eigenvalue weighted by Crippen LogP contribution is -2.29. The van der Waals surface area contributed by atoms with Crippen molar-refractivity contribution in [2.45, 2.75) is 69.4 Å². The number of nitrogens with zero attached hydrogens (tertiary/aromatic N) is 7. The van der Waals surface area contributed by atoms with Crippen molar-refractivity contribution in [1.82, 2.24) is 24.9 Å². The number of aliphatic hydroxyl groups excluding tert-OH is 1. The number of nitriles is 1. The largest absolute Gasteiger partial charge is 0.467 e. The van der Waals surface area contributed by atoms with E-state index in [0.29, 0.717) is 36.7 Å². The lowest BCUT2D eigenvalue weighted by molar-refractivity contribution is 0.161. The fourth-order valence-electron chi connectivity index (χ4n) is 6.70. The van der Waals surface area contributed by atoms with E-state index in [-0.39, 0.29) is 30.0 Å². The molecule has 1 atom stereocenters. The van der Waals surface area contributed by atoms with Crippen LogP contribution in [-0.2, 0) is 6.42 Å². The third-order valence-electron chi connectivity index (χ3n) is 9.09. The molecule has 1 aromatic carbocycles. The molecule has 4 aromatic rings. The third kappa shape index (κ3) is 7.61. The first-order valence-corrected chi connectivity index (χ1v) is 16.3. The van der Waals surface area contributed by atoms with E-state index in [1.165, 1.54) is 7.11 Å². The minimum atomic E-state index is -0.919. The summed E-state index contributed by atoms with van der Waals surface area (Å²) in [6, 6.07) is 12.7. The molecule has 0 bridgehead atoms. The number of amides is 1. The van der Waals surface area contributed by atoms with E-state index >= 15 is 0 Å². The van der Waals surface area contributed by atoms with Crippen molar-refractivity contribution in [3.63, 3.8) is 0 Å². The first-order valence-electron chi connectivity index (χ1n) is 16.3. The van der Waals surface area contributed by atoms with Gasteiger partial charge in [0.15, 0.2) is 5.82 Å². The van der Waals surface area contributed by atoms with Crippen LogP contribution in [0.4, 0.5) is 16.6 Å². The van der Waals surface area contributed by atoms with E-state index < -0.39 is 6.09 Å². The Labute approximate surface area is 279 Å². The quantitative estimate of drug-likeness (QED) is 0.226. The van der Waals surface area contributed by atoms with Crippen molar-refractivity contribution in [2.24, 2.45) is 5.73 Å².